The van der Waals surface area contributed by atoms with E-state index in [9.17, 15) is 0 Å². The Hall–Kier alpha value is -0.860. The lowest BCUT2D eigenvalue weighted by Gasteiger charge is -1.92. The highest BCUT2D eigenvalue weighted by atomic mass is 79.9. The highest BCUT2D eigenvalue weighted by molar-refractivity contribution is 9.11. The lowest BCUT2D eigenvalue weighted by molar-refractivity contribution is 1.27. The predicted molar refractivity (Wildman–Crippen MR) is 56.2 cm³/mol. The molecule has 1 aromatic carbocycles. The molecule has 0 atom stereocenters. The largest absolute Gasteiger partial charge is 0.332 e. The average molecular weight is 301 g/mol. The van der Waals surface area contributed by atoms with Gasteiger partial charge in [-0.3, -0.25) is 0 Å². The fraction of sp³-hybridized carbons (Fsp3) is 0. The summed E-state index contributed by atoms with van der Waals surface area (Å²) >= 11 is 6.58. The number of rotatable bonds is 0. The average Bonchev–Trinajstić information content (AvgIpc) is 2.46. The second-order valence-electron chi connectivity index (χ2n) is 2.49. The van der Waals surface area contributed by atoms with Crippen molar-refractivity contribution in [2.75, 3.05) is 0 Å². The van der Waals surface area contributed by atoms with E-state index < -0.39 is 0 Å². The molecule has 0 unspecified atom stereocenters. The summed E-state index contributed by atoms with van der Waals surface area (Å²) in [6, 6.07) is 5.58. The summed E-state index contributed by atoms with van der Waals surface area (Å²) in [5.74, 6) is 0. The van der Waals surface area contributed by atoms with E-state index in [1.807, 2.05) is 0 Å². The number of imidazole rings is 1. The Balaban J connectivity index is 2.85. The van der Waals surface area contributed by atoms with Gasteiger partial charge >= 0.3 is 0 Å². The molecule has 5 heteroatoms. The van der Waals surface area contributed by atoms with Crippen LogP contribution < -0.4 is 0 Å². The van der Waals surface area contributed by atoms with Gasteiger partial charge in [0, 0.05) is 4.47 Å². The molecule has 0 saturated heterocycles. The van der Waals surface area contributed by atoms with Gasteiger partial charge in [-0.1, -0.05) is 0 Å². The van der Waals surface area contributed by atoms with Gasteiger partial charge in [0.05, 0.1) is 17.1 Å². The molecular formula is C8H3Br2N3. The minimum Gasteiger partial charge on any atom is -0.332 e. The molecule has 0 aliphatic rings. The van der Waals surface area contributed by atoms with Gasteiger partial charge < -0.3 is 4.98 Å². The molecular weight excluding hydrogens is 298 g/mol. The molecule has 0 fully saturated rings. The number of benzene rings is 1. The first-order valence-corrected chi connectivity index (χ1v) is 5.04. The molecule has 0 radical (unpaired) electrons. The third-order valence-corrected chi connectivity index (χ3v) is 2.62. The zero-order valence-corrected chi connectivity index (χ0v) is 9.48. The molecule has 0 saturated carbocycles. The smallest absolute Gasteiger partial charge is 0.175 e. The number of fused-ring (bicyclic) bond motifs is 1. The van der Waals surface area contributed by atoms with E-state index in [-0.39, 0.29) is 0 Å². The highest BCUT2D eigenvalue weighted by Crippen LogP contribution is 2.25. The fourth-order valence-electron chi connectivity index (χ4n) is 1.11. The molecule has 0 bridgehead atoms. The number of halogens is 2. The van der Waals surface area contributed by atoms with Crippen molar-refractivity contribution in [1.82, 2.24) is 9.97 Å². The summed E-state index contributed by atoms with van der Waals surface area (Å²) in [6.07, 6.45) is 0. The summed E-state index contributed by atoms with van der Waals surface area (Å²) in [6.45, 7) is 0. The maximum absolute atomic E-state index is 8.71. The van der Waals surface area contributed by atoms with Gasteiger partial charge in [-0.05, 0) is 44.0 Å². The van der Waals surface area contributed by atoms with Gasteiger partial charge in [0.15, 0.2) is 4.73 Å². The monoisotopic (exact) mass is 299 g/mol. The summed E-state index contributed by atoms with van der Waals surface area (Å²) in [4.78, 5) is 7.19. The van der Waals surface area contributed by atoms with E-state index in [2.05, 4.69) is 47.9 Å². The molecule has 1 aromatic heterocycles. The maximum atomic E-state index is 8.71. The van der Waals surface area contributed by atoms with Gasteiger partial charge in [0.2, 0.25) is 0 Å². The molecule has 1 heterocycles. The Morgan fingerprint density at radius 1 is 1.38 bits per heavy atom. The number of nitrogens with zero attached hydrogens (tertiary/aromatic N) is 2. The molecule has 0 aliphatic carbocycles. The van der Waals surface area contributed by atoms with Crippen LogP contribution in [0.15, 0.2) is 21.3 Å². The second-order valence-corrected chi connectivity index (χ2v) is 4.10. The van der Waals surface area contributed by atoms with Gasteiger partial charge in [-0.2, -0.15) is 5.26 Å². The SMILES string of the molecule is N#Cc1cc(Br)c2nc(Br)[nH]c2c1. The van der Waals surface area contributed by atoms with Crippen LogP contribution in [0.1, 0.15) is 5.56 Å². The standard InChI is InChI=1S/C8H3Br2N3/c9-5-1-4(3-11)2-6-7(5)13-8(10)12-6/h1-2H,(H,12,13). The first kappa shape index (κ1) is 8.73. The molecule has 0 amide bonds. The predicted octanol–water partition coefficient (Wildman–Crippen LogP) is 2.96. The van der Waals surface area contributed by atoms with Crippen molar-refractivity contribution in [2.24, 2.45) is 0 Å². The van der Waals surface area contributed by atoms with Crippen LogP contribution >= 0.6 is 31.9 Å². The molecule has 3 nitrogen and oxygen atoms in total. The molecule has 0 aliphatic heterocycles. The Bertz CT molecular complexity index is 510. The maximum Gasteiger partial charge on any atom is 0.175 e. The third-order valence-electron chi connectivity index (χ3n) is 1.64. The number of H-pyrrole nitrogens is 1. The van der Waals surface area contributed by atoms with Crippen LogP contribution in [0.4, 0.5) is 0 Å². The quantitative estimate of drug-likeness (QED) is 0.813. The highest BCUT2D eigenvalue weighted by Gasteiger charge is 2.05. The Morgan fingerprint density at radius 3 is 2.85 bits per heavy atom. The second kappa shape index (κ2) is 3.13. The zero-order chi connectivity index (χ0) is 9.42. The van der Waals surface area contributed by atoms with Crippen molar-refractivity contribution in [2.45, 2.75) is 0 Å². The first-order chi connectivity index (χ1) is 6.20. The van der Waals surface area contributed by atoms with Crippen molar-refractivity contribution in [3.63, 3.8) is 0 Å². The van der Waals surface area contributed by atoms with Crippen LogP contribution in [0.2, 0.25) is 0 Å². The Morgan fingerprint density at radius 2 is 2.15 bits per heavy atom. The van der Waals surface area contributed by atoms with Gasteiger partial charge in [-0.15, -0.1) is 0 Å². The molecule has 13 heavy (non-hydrogen) atoms. The summed E-state index contributed by atoms with van der Waals surface area (Å²) < 4.78 is 1.49. The lowest BCUT2D eigenvalue weighted by atomic mass is 10.2. The van der Waals surface area contributed by atoms with Gasteiger partial charge in [0.25, 0.3) is 0 Å². The van der Waals surface area contributed by atoms with Crippen molar-refractivity contribution in [1.29, 1.82) is 5.26 Å². The summed E-state index contributed by atoms with van der Waals surface area (Å²) in [7, 11) is 0. The van der Waals surface area contributed by atoms with Crippen LogP contribution in [0, 0.1) is 11.3 Å². The van der Waals surface area contributed by atoms with Crippen molar-refractivity contribution >= 4 is 42.9 Å². The molecule has 1 N–H and O–H groups in total. The summed E-state index contributed by atoms with van der Waals surface area (Å²) in [5.41, 5.74) is 2.28. The topological polar surface area (TPSA) is 52.5 Å². The number of hydrogen-bond donors (Lipinski definition) is 1. The van der Waals surface area contributed by atoms with Crippen molar-refractivity contribution in [3.05, 3.63) is 26.9 Å². The summed E-state index contributed by atoms with van der Waals surface area (Å²) in [5, 5.41) is 8.71. The van der Waals surface area contributed by atoms with Gasteiger partial charge in [-0.25, -0.2) is 4.98 Å². The van der Waals surface area contributed by atoms with Crippen molar-refractivity contribution < 1.29 is 0 Å². The van der Waals surface area contributed by atoms with E-state index in [0.29, 0.717) is 10.3 Å². The zero-order valence-electron chi connectivity index (χ0n) is 6.31. The molecule has 2 rings (SSSR count). The minimum atomic E-state index is 0.607. The lowest BCUT2D eigenvalue weighted by Crippen LogP contribution is -1.77. The van der Waals surface area contributed by atoms with Crippen LogP contribution in [0.5, 0.6) is 0 Å². The van der Waals surface area contributed by atoms with E-state index in [1.54, 1.807) is 12.1 Å². The fourth-order valence-corrected chi connectivity index (χ4v) is 2.05. The van der Waals surface area contributed by atoms with Crippen LogP contribution in [0.3, 0.4) is 0 Å². The van der Waals surface area contributed by atoms with Crippen LogP contribution in [0.25, 0.3) is 11.0 Å². The number of nitrogens with one attached hydrogen (secondary N) is 1. The van der Waals surface area contributed by atoms with E-state index >= 15 is 0 Å². The number of hydrogen-bond acceptors (Lipinski definition) is 2. The van der Waals surface area contributed by atoms with Crippen molar-refractivity contribution in [3.8, 4) is 6.07 Å². The molecule has 64 valence electrons. The Kier molecular flexibility index (Phi) is 2.10. The van der Waals surface area contributed by atoms with E-state index in [0.717, 1.165) is 15.5 Å². The Labute approximate surface area is 91.0 Å². The first-order valence-electron chi connectivity index (χ1n) is 3.45. The normalized spacial score (nSPS) is 10.2. The third kappa shape index (κ3) is 1.47. The number of aromatic nitrogens is 2. The van der Waals surface area contributed by atoms with Crippen LogP contribution in [-0.2, 0) is 0 Å². The van der Waals surface area contributed by atoms with E-state index in [4.69, 9.17) is 5.26 Å². The minimum absolute atomic E-state index is 0.607. The number of aromatic amines is 1. The number of nitriles is 1. The van der Waals surface area contributed by atoms with Gasteiger partial charge in [0.1, 0.15) is 5.52 Å². The molecule has 2 aromatic rings. The van der Waals surface area contributed by atoms with E-state index in [1.165, 1.54) is 0 Å². The van der Waals surface area contributed by atoms with Crippen LogP contribution in [-0.4, -0.2) is 9.97 Å². The molecule has 0 spiro atoms.